The fourth-order valence-electron chi connectivity index (χ4n) is 9.22. The number of esters is 1. The third-order valence-electron chi connectivity index (χ3n) is 11.0. The van der Waals surface area contributed by atoms with Crippen molar-refractivity contribution in [2.75, 3.05) is 20.1 Å². The average Bonchev–Trinajstić information content (AvgIpc) is 3.28. The van der Waals surface area contributed by atoms with Gasteiger partial charge in [-0.3, -0.25) is 14.5 Å². The molecule has 1 amide bonds. The Morgan fingerprint density at radius 1 is 1.23 bits per heavy atom. The zero-order chi connectivity index (χ0) is 28.0. The van der Waals surface area contributed by atoms with E-state index in [9.17, 15) is 14.7 Å². The number of phenolic OH excluding ortho intramolecular Hbond substituents is 1. The number of hydrogen-bond donors (Lipinski definition) is 1. The van der Waals surface area contributed by atoms with Crippen LogP contribution in [-0.2, 0) is 21.4 Å². The molecule has 0 unspecified atom stereocenters. The van der Waals surface area contributed by atoms with E-state index in [1.165, 1.54) is 45.4 Å². The van der Waals surface area contributed by atoms with Crippen molar-refractivity contribution in [1.82, 2.24) is 9.80 Å². The third kappa shape index (κ3) is 4.53. The van der Waals surface area contributed by atoms with Gasteiger partial charge in [0.25, 0.3) is 0 Å². The molecule has 3 aliphatic carbocycles. The summed E-state index contributed by atoms with van der Waals surface area (Å²) in [5.41, 5.74) is 1.64. The highest BCUT2D eigenvalue weighted by Gasteiger charge is 2.67. The third-order valence-corrected chi connectivity index (χ3v) is 11.0. The number of likely N-dealkylation sites (N-methyl/N-ethyl adjacent to an activating group) is 1. The van der Waals surface area contributed by atoms with E-state index in [0.29, 0.717) is 23.8 Å². The minimum Gasteiger partial charge on any atom is -0.508 e. The molecule has 1 aromatic rings. The normalized spacial score (nSPS) is 30.8. The Balaban J connectivity index is 1.26. The number of rotatable bonds is 9. The SMILES string of the molecule is C=CCN1CC[C@]23c4c5c(O)cc(OC(C)=O)c4O[C@H]2[C@H](N(C)C(=O)CCCCC2CCCCC2)CC[C@H]3[C@H]1C5. The number of phenols is 1. The number of benzene rings is 1. The lowest BCUT2D eigenvalue weighted by Gasteiger charge is -2.60. The van der Waals surface area contributed by atoms with Gasteiger partial charge in [0.15, 0.2) is 11.5 Å². The second-order valence-corrected chi connectivity index (χ2v) is 13.1. The lowest BCUT2D eigenvalue weighted by Crippen LogP contribution is -2.68. The number of aromatic hydroxyl groups is 1. The van der Waals surface area contributed by atoms with Gasteiger partial charge in [0.05, 0.1) is 6.04 Å². The van der Waals surface area contributed by atoms with Crippen molar-refractivity contribution in [2.24, 2.45) is 11.8 Å². The topological polar surface area (TPSA) is 79.3 Å². The second kappa shape index (κ2) is 11.0. The van der Waals surface area contributed by atoms with E-state index in [2.05, 4.69) is 11.5 Å². The first kappa shape index (κ1) is 27.6. The van der Waals surface area contributed by atoms with E-state index >= 15 is 0 Å². The van der Waals surface area contributed by atoms with Crippen LogP contribution in [-0.4, -0.2) is 65.1 Å². The maximum atomic E-state index is 13.5. The first-order valence-electron chi connectivity index (χ1n) is 15.7. The standard InChI is InChI=1S/C33H46N2O5/c1-4-17-35-18-16-33-24-14-15-25(34(3)29(38)13-9-8-12-22-10-6-5-7-11-22)32(33)40-31-28(39-21(2)36)20-27(37)23(30(31)33)19-26(24)35/h4,20,22,24-26,32,37H,1,5-19H2,2-3H3/t24-,25+,26+,32-,33-/m0/s1. The summed E-state index contributed by atoms with van der Waals surface area (Å²) in [7, 11) is 1.95. The van der Waals surface area contributed by atoms with Crippen LogP contribution in [0.1, 0.15) is 95.1 Å². The monoisotopic (exact) mass is 550 g/mol. The van der Waals surface area contributed by atoms with Gasteiger partial charge in [0.2, 0.25) is 5.91 Å². The summed E-state index contributed by atoms with van der Waals surface area (Å²) in [6, 6.07) is 1.77. The highest BCUT2D eigenvalue weighted by Crippen LogP contribution is 2.65. The van der Waals surface area contributed by atoms with E-state index < -0.39 is 5.97 Å². The summed E-state index contributed by atoms with van der Waals surface area (Å²) in [5.74, 6) is 2.04. The lowest BCUT2D eigenvalue weighted by molar-refractivity contribution is -0.140. The molecule has 2 bridgehead atoms. The summed E-state index contributed by atoms with van der Waals surface area (Å²) >= 11 is 0. The molecule has 7 heteroatoms. The maximum Gasteiger partial charge on any atom is 0.308 e. The van der Waals surface area contributed by atoms with Crippen LogP contribution >= 0.6 is 0 Å². The molecule has 0 radical (unpaired) electrons. The molecule has 2 aliphatic heterocycles. The Kier molecular flexibility index (Phi) is 7.62. The molecular formula is C33H46N2O5. The molecule has 2 heterocycles. The molecule has 0 aromatic heterocycles. The van der Waals surface area contributed by atoms with Crippen molar-refractivity contribution in [3.8, 4) is 17.2 Å². The van der Waals surface area contributed by atoms with Crippen molar-refractivity contribution in [2.45, 2.75) is 114 Å². The van der Waals surface area contributed by atoms with Crippen LogP contribution in [0.4, 0.5) is 0 Å². The van der Waals surface area contributed by atoms with Gasteiger partial charge in [0.1, 0.15) is 11.9 Å². The van der Waals surface area contributed by atoms with Crippen molar-refractivity contribution in [3.63, 3.8) is 0 Å². The van der Waals surface area contributed by atoms with Gasteiger partial charge in [-0.05, 0) is 50.5 Å². The summed E-state index contributed by atoms with van der Waals surface area (Å²) in [6.45, 7) is 7.10. The van der Waals surface area contributed by atoms with E-state index in [1.54, 1.807) is 6.07 Å². The molecule has 40 heavy (non-hydrogen) atoms. The number of likely N-dealkylation sites (tertiary alicyclic amines) is 1. The molecule has 5 aliphatic rings. The average molecular weight is 551 g/mol. The second-order valence-electron chi connectivity index (χ2n) is 13.1. The van der Waals surface area contributed by atoms with Gasteiger partial charge in [-0.25, -0.2) is 0 Å². The molecule has 1 saturated heterocycles. The van der Waals surface area contributed by atoms with E-state index in [-0.39, 0.29) is 35.3 Å². The zero-order valence-corrected chi connectivity index (χ0v) is 24.3. The van der Waals surface area contributed by atoms with Crippen LogP contribution in [0.3, 0.4) is 0 Å². The fourth-order valence-corrected chi connectivity index (χ4v) is 9.22. The Labute approximate surface area is 238 Å². The molecule has 1 aromatic carbocycles. The highest BCUT2D eigenvalue weighted by molar-refractivity contribution is 5.77. The maximum absolute atomic E-state index is 13.5. The number of piperidine rings is 1. The molecule has 3 fully saturated rings. The largest absolute Gasteiger partial charge is 0.508 e. The van der Waals surface area contributed by atoms with Crippen molar-refractivity contribution in [3.05, 3.63) is 29.8 Å². The Bertz CT molecular complexity index is 1160. The van der Waals surface area contributed by atoms with Crippen LogP contribution in [0, 0.1) is 11.8 Å². The van der Waals surface area contributed by atoms with Crippen LogP contribution in [0.15, 0.2) is 18.7 Å². The molecule has 6 rings (SSSR count). The van der Waals surface area contributed by atoms with Gasteiger partial charge in [-0.15, -0.1) is 6.58 Å². The number of amides is 1. The van der Waals surface area contributed by atoms with E-state index in [0.717, 1.165) is 68.7 Å². The summed E-state index contributed by atoms with van der Waals surface area (Å²) < 4.78 is 12.4. The first-order chi connectivity index (χ1) is 19.3. The number of nitrogens with zero attached hydrogens (tertiary/aromatic N) is 2. The lowest BCUT2D eigenvalue weighted by atomic mass is 9.51. The van der Waals surface area contributed by atoms with Crippen molar-refractivity contribution < 1.29 is 24.2 Å². The molecule has 2 saturated carbocycles. The highest BCUT2D eigenvalue weighted by atomic mass is 16.6. The number of carbonyl (C=O) groups excluding carboxylic acids is 2. The van der Waals surface area contributed by atoms with Gasteiger partial charge in [-0.2, -0.15) is 0 Å². The van der Waals surface area contributed by atoms with E-state index in [4.69, 9.17) is 9.47 Å². The van der Waals surface area contributed by atoms with Crippen molar-refractivity contribution >= 4 is 11.9 Å². The van der Waals surface area contributed by atoms with Gasteiger partial charge >= 0.3 is 5.97 Å². The first-order valence-corrected chi connectivity index (χ1v) is 15.7. The molecule has 1 spiro atoms. The molecule has 218 valence electrons. The van der Waals surface area contributed by atoms with Crippen LogP contribution in [0.5, 0.6) is 17.2 Å². The Morgan fingerprint density at radius 2 is 2.02 bits per heavy atom. The van der Waals surface area contributed by atoms with Crippen molar-refractivity contribution in [1.29, 1.82) is 0 Å². The smallest absolute Gasteiger partial charge is 0.308 e. The molecule has 1 N–H and O–H groups in total. The van der Waals surface area contributed by atoms with Crippen LogP contribution < -0.4 is 9.47 Å². The predicted octanol–water partition coefficient (Wildman–Crippen LogP) is 5.51. The number of carbonyl (C=O) groups is 2. The van der Waals surface area contributed by atoms with Gasteiger partial charge < -0.3 is 19.5 Å². The molecular weight excluding hydrogens is 504 g/mol. The quantitative estimate of drug-likeness (QED) is 0.189. The number of ether oxygens (including phenoxy) is 2. The summed E-state index contributed by atoms with van der Waals surface area (Å²) in [4.78, 5) is 30.0. The Morgan fingerprint density at radius 3 is 2.77 bits per heavy atom. The van der Waals surface area contributed by atoms with Crippen LogP contribution in [0.2, 0.25) is 0 Å². The van der Waals surface area contributed by atoms with Crippen LogP contribution in [0.25, 0.3) is 0 Å². The zero-order valence-electron chi connectivity index (χ0n) is 24.3. The minimum atomic E-state index is -0.435. The number of unbranched alkanes of at least 4 members (excludes halogenated alkanes) is 1. The predicted molar refractivity (Wildman–Crippen MR) is 154 cm³/mol. The summed E-state index contributed by atoms with van der Waals surface area (Å²) in [5, 5.41) is 11.2. The number of hydrogen-bond acceptors (Lipinski definition) is 6. The fraction of sp³-hybridized carbons (Fsp3) is 0.697. The molecule has 7 nitrogen and oxygen atoms in total. The van der Waals surface area contributed by atoms with E-state index in [1.807, 2.05) is 18.0 Å². The minimum absolute atomic E-state index is 0.0561. The summed E-state index contributed by atoms with van der Waals surface area (Å²) in [6.07, 6.45) is 16.0. The Hall–Kier alpha value is -2.54. The molecule has 5 atom stereocenters. The van der Waals surface area contributed by atoms with Gasteiger partial charge in [-0.1, -0.05) is 51.0 Å². The van der Waals surface area contributed by atoms with Gasteiger partial charge in [0, 0.05) is 55.6 Å².